The fourth-order valence-corrected chi connectivity index (χ4v) is 5.40. The van der Waals surface area contributed by atoms with Crippen LogP contribution in [0, 0.1) is 10.1 Å². The normalized spacial score (nSPS) is 13.8. The van der Waals surface area contributed by atoms with E-state index in [2.05, 4.69) is 14.9 Å². The molecule has 1 aliphatic heterocycles. The van der Waals surface area contributed by atoms with Crippen molar-refractivity contribution in [1.29, 1.82) is 0 Å². The Morgan fingerprint density at radius 3 is 2.17 bits per heavy atom. The molecule has 0 saturated carbocycles. The van der Waals surface area contributed by atoms with Crippen LogP contribution < -0.4 is 14.9 Å². The number of carbonyl (C=O) groups excluding carboxylic acids is 1. The van der Waals surface area contributed by atoms with Crippen LogP contribution >= 0.6 is 11.6 Å². The minimum absolute atomic E-state index is 0.148. The summed E-state index contributed by atoms with van der Waals surface area (Å²) in [5, 5.41) is 13.7. The second-order valence-electron chi connectivity index (χ2n) is 8.10. The number of non-ortho nitro benzene ring substituents is 1. The summed E-state index contributed by atoms with van der Waals surface area (Å²) in [6, 6.07) is 16.7. The van der Waals surface area contributed by atoms with Gasteiger partial charge >= 0.3 is 0 Å². The number of nitrogens with one attached hydrogen (secondary N) is 2. The molecule has 0 aliphatic carbocycles. The summed E-state index contributed by atoms with van der Waals surface area (Å²) in [5.74, 6) is -0.341. The van der Waals surface area contributed by atoms with E-state index in [0.29, 0.717) is 11.3 Å². The van der Waals surface area contributed by atoms with Gasteiger partial charge in [-0.3, -0.25) is 19.6 Å². The van der Waals surface area contributed by atoms with Crippen molar-refractivity contribution >= 4 is 50.3 Å². The Morgan fingerprint density at radius 1 is 0.914 bits per heavy atom. The van der Waals surface area contributed by atoms with Gasteiger partial charge in [-0.1, -0.05) is 11.6 Å². The predicted octanol–water partition coefficient (Wildman–Crippen LogP) is 5.29. The summed E-state index contributed by atoms with van der Waals surface area (Å²) in [7, 11) is -4.19. The number of nitro benzene ring substituents is 1. The SMILES string of the molecule is O=C(Nc1ccc(N2CCCCC2)cc1)c1ccc(NS(=O)(=O)c2cc([N+](=O)[O-])ccc2Cl)cc1. The molecule has 3 aromatic carbocycles. The Labute approximate surface area is 207 Å². The molecule has 1 amide bonds. The monoisotopic (exact) mass is 514 g/mol. The van der Waals surface area contributed by atoms with Crippen LogP contribution in [0.3, 0.4) is 0 Å². The Hall–Kier alpha value is -3.63. The van der Waals surface area contributed by atoms with Crippen LogP contribution in [0.25, 0.3) is 0 Å². The van der Waals surface area contributed by atoms with Crippen molar-refractivity contribution in [3.63, 3.8) is 0 Å². The average molecular weight is 515 g/mol. The highest BCUT2D eigenvalue weighted by Crippen LogP contribution is 2.28. The number of rotatable bonds is 7. The fraction of sp³-hybridized carbons (Fsp3) is 0.208. The minimum atomic E-state index is -4.19. The van der Waals surface area contributed by atoms with E-state index in [1.165, 1.54) is 43.5 Å². The summed E-state index contributed by atoms with van der Waals surface area (Å²) < 4.78 is 27.7. The Bertz CT molecular complexity index is 1340. The van der Waals surface area contributed by atoms with Crippen molar-refractivity contribution in [3.05, 3.63) is 87.4 Å². The maximum Gasteiger partial charge on any atom is 0.270 e. The molecule has 182 valence electrons. The molecule has 0 spiro atoms. The van der Waals surface area contributed by atoms with Gasteiger partial charge in [-0.2, -0.15) is 0 Å². The van der Waals surface area contributed by atoms with Gasteiger partial charge in [-0.05, 0) is 73.9 Å². The second-order valence-corrected chi connectivity index (χ2v) is 10.2. The van der Waals surface area contributed by atoms with E-state index in [1.807, 2.05) is 24.3 Å². The number of carbonyl (C=O) groups is 1. The molecule has 1 heterocycles. The molecule has 2 N–H and O–H groups in total. The van der Waals surface area contributed by atoms with Gasteiger partial charge in [-0.25, -0.2) is 8.42 Å². The summed E-state index contributed by atoms with van der Waals surface area (Å²) in [4.78, 5) is 24.8. The van der Waals surface area contributed by atoms with E-state index < -0.39 is 25.5 Å². The molecule has 0 atom stereocenters. The Kier molecular flexibility index (Phi) is 7.23. The fourth-order valence-electron chi connectivity index (χ4n) is 3.82. The summed E-state index contributed by atoms with van der Waals surface area (Å²) in [6.07, 6.45) is 3.62. The van der Waals surface area contributed by atoms with E-state index in [0.717, 1.165) is 37.0 Å². The number of benzene rings is 3. The maximum absolute atomic E-state index is 12.7. The first-order valence-corrected chi connectivity index (χ1v) is 12.8. The lowest BCUT2D eigenvalue weighted by Crippen LogP contribution is -2.29. The van der Waals surface area contributed by atoms with E-state index in [-0.39, 0.29) is 16.6 Å². The predicted molar refractivity (Wildman–Crippen MR) is 136 cm³/mol. The van der Waals surface area contributed by atoms with E-state index in [4.69, 9.17) is 11.6 Å². The van der Waals surface area contributed by atoms with Crippen molar-refractivity contribution in [2.45, 2.75) is 24.2 Å². The number of nitro groups is 1. The van der Waals surface area contributed by atoms with Gasteiger partial charge in [0, 0.05) is 47.8 Å². The van der Waals surface area contributed by atoms with Crippen molar-refractivity contribution in [3.8, 4) is 0 Å². The van der Waals surface area contributed by atoms with E-state index in [9.17, 15) is 23.3 Å². The largest absolute Gasteiger partial charge is 0.372 e. The molecule has 4 rings (SSSR count). The number of sulfonamides is 1. The van der Waals surface area contributed by atoms with Crippen LogP contribution in [0.2, 0.25) is 5.02 Å². The highest BCUT2D eigenvalue weighted by atomic mass is 35.5. The molecule has 1 aliphatic rings. The van der Waals surface area contributed by atoms with Crippen molar-refractivity contribution in [1.82, 2.24) is 0 Å². The van der Waals surface area contributed by atoms with E-state index in [1.54, 1.807) is 0 Å². The quantitative estimate of drug-likeness (QED) is 0.326. The first-order chi connectivity index (χ1) is 16.7. The van der Waals surface area contributed by atoms with Gasteiger partial charge in [0.15, 0.2) is 0 Å². The molecule has 0 unspecified atom stereocenters. The van der Waals surface area contributed by atoms with Gasteiger partial charge in [0.2, 0.25) is 0 Å². The molecular weight excluding hydrogens is 492 g/mol. The molecule has 3 aromatic rings. The molecule has 35 heavy (non-hydrogen) atoms. The van der Waals surface area contributed by atoms with Crippen LogP contribution in [0.15, 0.2) is 71.6 Å². The zero-order valence-electron chi connectivity index (χ0n) is 18.6. The molecule has 9 nitrogen and oxygen atoms in total. The van der Waals surface area contributed by atoms with Gasteiger partial charge in [0.25, 0.3) is 21.6 Å². The minimum Gasteiger partial charge on any atom is -0.372 e. The van der Waals surface area contributed by atoms with Gasteiger partial charge < -0.3 is 10.2 Å². The number of hydrogen-bond acceptors (Lipinski definition) is 6. The van der Waals surface area contributed by atoms with Gasteiger partial charge in [0.05, 0.1) is 9.95 Å². The van der Waals surface area contributed by atoms with Crippen LogP contribution in [0.4, 0.5) is 22.7 Å². The maximum atomic E-state index is 12.7. The molecular formula is C24H23ClN4O5S. The van der Waals surface area contributed by atoms with Crippen molar-refractivity contribution in [2.75, 3.05) is 28.0 Å². The second kappa shape index (κ2) is 10.3. The number of halogens is 1. The third-order valence-corrected chi connectivity index (χ3v) is 7.52. The highest BCUT2D eigenvalue weighted by Gasteiger charge is 2.22. The standard InChI is InChI=1S/C24H23ClN4O5S/c25-22-13-12-21(29(31)32)16-23(22)35(33,34)27-19-6-4-17(5-7-19)24(30)26-18-8-10-20(11-9-18)28-14-2-1-3-15-28/h4-13,16,27H,1-3,14-15H2,(H,26,30). The zero-order valence-corrected chi connectivity index (χ0v) is 20.2. The number of anilines is 3. The lowest BCUT2D eigenvalue weighted by Gasteiger charge is -2.28. The summed E-state index contributed by atoms with van der Waals surface area (Å²) in [6.45, 7) is 2.07. The lowest BCUT2D eigenvalue weighted by atomic mass is 10.1. The van der Waals surface area contributed by atoms with Gasteiger partial charge in [0.1, 0.15) is 4.90 Å². The molecule has 0 bridgehead atoms. The number of hydrogen-bond donors (Lipinski definition) is 2. The first kappa shape index (κ1) is 24.5. The molecule has 1 saturated heterocycles. The van der Waals surface area contributed by atoms with Crippen molar-refractivity contribution in [2.24, 2.45) is 0 Å². The lowest BCUT2D eigenvalue weighted by molar-refractivity contribution is -0.385. The average Bonchev–Trinajstić information content (AvgIpc) is 2.85. The number of amides is 1. The van der Waals surface area contributed by atoms with Gasteiger partial charge in [-0.15, -0.1) is 0 Å². The van der Waals surface area contributed by atoms with Crippen LogP contribution in [-0.2, 0) is 10.0 Å². The summed E-state index contributed by atoms with van der Waals surface area (Å²) >= 11 is 5.95. The smallest absolute Gasteiger partial charge is 0.270 e. The third-order valence-electron chi connectivity index (χ3n) is 5.66. The molecule has 0 aromatic heterocycles. The topological polar surface area (TPSA) is 122 Å². The number of piperidine rings is 1. The first-order valence-electron chi connectivity index (χ1n) is 11.0. The van der Waals surface area contributed by atoms with Crippen LogP contribution in [0.5, 0.6) is 0 Å². The van der Waals surface area contributed by atoms with Crippen molar-refractivity contribution < 1.29 is 18.1 Å². The summed E-state index contributed by atoms with van der Waals surface area (Å²) in [5.41, 5.74) is 1.89. The van der Waals surface area contributed by atoms with Crippen LogP contribution in [-0.4, -0.2) is 32.3 Å². The molecule has 11 heteroatoms. The number of nitrogens with zero attached hydrogens (tertiary/aromatic N) is 2. The van der Waals surface area contributed by atoms with E-state index >= 15 is 0 Å². The zero-order chi connectivity index (χ0) is 25.0. The third kappa shape index (κ3) is 5.90. The Balaban J connectivity index is 1.42. The Morgan fingerprint density at radius 2 is 1.54 bits per heavy atom. The highest BCUT2D eigenvalue weighted by molar-refractivity contribution is 7.92. The van der Waals surface area contributed by atoms with Crippen LogP contribution in [0.1, 0.15) is 29.6 Å². The molecule has 1 fully saturated rings. The molecule has 0 radical (unpaired) electrons.